The number of aromatic nitrogens is 4. The third-order valence-corrected chi connectivity index (χ3v) is 5.20. The number of hydrogen-bond donors (Lipinski definition) is 3. The average molecular weight is 422 g/mol. The molecule has 9 nitrogen and oxygen atoms in total. The Morgan fingerprint density at radius 1 is 1.06 bits per heavy atom. The van der Waals surface area contributed by atoms with Gasteiger partial charge in [-0.25, -0.2) is 15.0 Å². The molecule has 0 unspecified atom stereocenters. The van der Waals surface area contributed by atoms with Crippen molar-refractivity contribution in [2.24, 2.45) is 0 Å². The van der Waals surface area contributed by atoms with Crippen LogP contribution in [-0.2, 0) is 0 Å². The van der Waals surface area contributed by atoms with Crippen LogP contribution in [0.5, 0.6) is 5.75 Å². The van der Waals surface area contributed by atoms with Crippen LogP contribution in [0, 0.1) is 0 Å². The first-order valence-corrected chi connectivity index (χ1v) is 10.5. The molecule has 0 aliphatic heterocycles. The van der Waals surface area contributed by atoms with Gasteiger partial charge in [-0.1, -0.05) is 0 Å². The molecule has 3 aromatic rings. The van der Waals surface area contributed by atoms with Crippen molar-refractivity contribution in [2.45, 2.75) is 57.7 Å². The number of ether oxygens (including phenoxy) is 1. The van der Waals surface area contributed by atoms with Gasteiger partial charge in [0.1, 0.15) is 29.1 Å². The lowest BCUT2D eigenvalue weighted by Crippen LogP contribution is -2.32. The van der Waals surface area contributed by atoms with Gasteiger partial charge in [0, 0.05) is 42.3 Å². The van der Waals surface area contributed by atoms with E-state index in [1.54, 1.807) is 24.5 Å². The van der Waals surface area contributed by atoms with Crippen LogP contribution in [0.25, 0.3) is 11.0 Å². The Kier molecular flexibility index (Phi) is 6.11. The van der Waals surface area contributed by atoms with Crippen LogP contribution in [0.1, 0.15) is 50.0 Å². The van der Waals surface area contributed by atoms with E-state index in [0.29, 0.717) is 22.9 Å². The number of carbonyl (C=O) groups is 1. The largest absolute Gasteiger partial charge is 0.488 e. The highest BCUT2D eigenvalue weighted by atomic mass is 16.5. The summed E-state index contributed by atoms with van der Waals surface area (Å²) >= 11 is 0. The summed E-state index contributed by atoms with van der Waals surface area (Å²) in [6.45, 7) is 3.83. The monoisotopic (exact) mass is 421 g/mol. The van der Waals surface area contributed by atoms with Crippen molar-refractivity contribution in [3.8, 4) is 5.75 Å². The summed E-state index contributed by atoms with van der Waals surface area (Å²) < 4.78 is 6.25. The average Bonchev–Trinajstić information content (AvgIpc) is 2.75. The smallest absolute Gasteiger partial charge is 0.270 e. The molecule has 0 radical (unpaired) electrons. The number of amides is 1. The van der Waals surface area contributed by atoms with E-state index in [1.807, 2.05) is 19.9 Å². The van der Waals surface area contributed by atoms with Gasteiger partial charge in [0.25, 0.3) is 5.91 Å². The number of rotatable bonds is 6. The van der Waals surface area contributed by atoms with Crippen molar-refractivity contribution in [2.75, 3.05) is 11.1 Å². The summed E-state index contributed by atoms with van der Waals surface area (Å²) in [6, 6.07) is 5.61. The third-order valence-electron chi connectivity index (χ3n) is 5.20. The molecule has 4 N–H and O–H groups in total. The van der Waals surface area contributed by atoms with Crippen LogP contribution in [-0.4, -0.2) is 44.0 Å². The van der Waals surface area contributed by atoms with Gasteiger partial charge >= 0.3 is 0 Å². The van der Waals surface area contributed by atoms with Crippen LogP contribution in [0.4, 0.5) is 11.5 Å². The maximum absolute atomic E-state index is 12.2. The van der Waals surface area contributed by atoms with Gasteiger partial charge in [-0.2, -0.15) is 0 Å². The second-order valence-electron chi connectivity index (χ2n) is 8.10. The van der Waals surface area contributed by atoms with Gasteiger partial charge in [0.05, 0.1) is 11.6 Å². The number of nitrogen functional groups attached to an aromatic ring is 1. The molecule has 1 saturated carbocycles. The van der Waals surface area contributed by atoms with E-state index in [4.69, 9.17) is 10.5 Å². The number of benzene rings is 1. The lowest BCUT2D eigenvalue weighted by Gasteiger charge is -2.30. The molecule has 31 heavy (non-hydrogen) atoms. The zero-order valence-corrected chi connectivity index (χ0v) is 17.7. The highest BCUT2D eigenvalue weighted by Gasteiger charge is 2.24. The number of nitrogens with zero attached hydrogens (tertiary/aromatic N) is 4. The van der Waals surface area contributed by atoms with Gasteiger partial charge in [-0.05, 0) is 45.6 Å². The van der Waals surface area contributed by atoms with Crippen molar-refractivity contribution in [1.29, 1.82) is 0 Å². The lowest BCUT2D eigenvalue weighted by molar-refractivity contribution is 0.0938. The lowest BCUT2D eigenvalue weighted by atomic mass is 9.93. The van der Waals surface area contributed by atoms with E-state index in [-0.39, 0.29) is 24.1 Å². The van der Waals surface area contributed by atoms with E-state index < -0.39 is 0 Å². The second-order valence-corrected chi connectivity index (χ2v) is 8.10. The van der Waals surface area contributed by atoms with E-state index in [9.17, 15) is 4.79 Å². The van der Waals surface area contributed by atoms with Gasteiger partial charge in [-0.15, -0.1) is 0 Å². The molecule has 2 heterocycles. The van der Waals surface area contributed by atoms with Gasteiger partial charge in [0.2, 0.25) is 0 Å². The van der Waals surface area contributed by atoms with Crippen molar-refractivity contribution in [3.05, 3.63) is 42.6 Å². The van der Waals surface area contributed by atoms with Crippen LogP contribution in [0.3, 0.4) is 0 Å². The molecule has 1 amide bonds. The van der Waals surface area contributed by atoms with E-state index in [1.165, 1.54) is 6.33 Å². The minimum Gasteiger partial charge on any atom is -0.488 e. The predicted molar refractivity (Wildman–Crippen MR) is 119 cm³/mol. The Hall–Kier alpha value is -3.49. The number of hydrogen-bond acceptors (Lipinski definition) is 8. The van der Waals surface area contributed by atoms with Crippen molar-refractivity contribution in [1.82, 2.24) is 25.3 Å². The third kappa shape index (κ3) is 5.17. The molecule has 9 heteroatoms. The molecule has 0 bridgehead atoms. The van der Waals surface area contributed by atoms with Crippen LogP contribution in [0.15, 0.2) is 36.9 Å². The minimum absolute atomic E-state index is 0.0530. The zero-order chi connectivity index (χ0) is 21.8. The number of nitrogens with two attached hydrogens (primary N) is 1. The molecule has 1 fully saturated rings. The number of anilines is 2. The maximum Gasteiger partial charge on any atom is 0.270 e. The fourth-order valence-corrected chi connectivity index (χ4v) is 3.76. The molecule has 0 atom stereocenters. The fraction of sp³-hybridized carbons (Fsp3) is 0.409. The van der Waals surface area contributed by atoms with Crippen LogP contribution >= 0.6 is 0 Å². The van der Waals surface area contributed by atoms with Crippen molar-refractivity contribution >= 4 is 28.4 Å². The molecule has 4 rings (SSSR count). The number of nitrogens with one attached hydrogen (secondary N) is 2. The molecule has 1 aromatic carbocycles. The maximum atomic E-state index is 12.2. The Labute approximate surface area is 180 Å². The predicted octanol–water partition coefficient (Wildman–Crippen LogP) is 2.94. The van der Waals surface area contributed by atoms with Gasteiger partial charge < -0.3 is 21.1 Å². The molecular weight excluding hydrogens is 394 g/mol. The summed E-state index contributed by atoms with van der Waals surface area (Å²) in [5.41, 5.74) is 8.43. The zero-order valence-electron chi connectivity index (χ0n) is 17.7. The first kappa shape index (κ1) is 20.8. The van der Waals surface area contributed by atoms with Crippen molar-refractivity contribution in [3.63, 3.8) is 0 Å². The summed E-state index contributed by atoms with van der Waals surface area (Å²) in [5, 5.41) is 6.27. The SMILES string of the molecule is CC(C)NC(=O)c1cc(NC2CCC(Oc3cc(N)cc4nccnc34)CC2)ncn1. The summed E-state index contributed by atoms with van der Waals surface area (Å²) in [4.78, 5) is 29.2. The molecule has 1 aliphatic carbocycles. The fourth-order valence-electron chi connectivity index (χ4n) is 3.76. The first-order chi connectivity index (χ1) is 15.0. The Morgan fingerprint density at radius 3 is 2.61 bits per heavy atom. The van der Waals surface area contributed by atoms with Crippen molar-refractivity contribution < 1.29 is 9.53 Å². The summed E-state index contributed by atoms with van der Waals surface area (Å²) in [7, 11) is 0. The second kappa shape index (κ2) is 9.11. The molecule has 1 aliphatic rings. The molecule has 0 spiro atoms. The summed E-state index contributed by atoms with van der Waals surface area (Å²) in [6.07, 6.45) is 8.43. The quantitative estimate of drug-likeness (QED) is 0.518. The topological polar surface area (TPSA) is 128 Å². The molecule has 0 saturated heterocycles. The van der Waals surface area contributed by atoms with Gasteiger partial charge in [0.15, 0.2) is 0 Å². The van der Waals surface area contributed by atoms with E-state index in [0.717, 1.165) is 36.7 Å². The first-order valence-electron chi connectivity index (χ1n) is 10.5. The Bertz CT molecular complexity index is 1060. The number of fused-ring (bicyclic) bond motifs is 1. The molecule has 162 valence electrons. The van der Waals surface area contributed by atoms with Crippen LogP contribution < -0.4 is 21.1 Å². The minimum atomic E-state index is -0.199. The summed E-state index contributed by atoms with van der Waals surface area (Å²) in [5.74, 6) is 1.14. The highest BCUT2D eigenvalue weighted by molar-refractivity contribution is 5.93. The van der Waals surface area contributed by atoms with E-state index in [2.05, 4.69) is 30.6 Å². The van der Waals surface area contributed by atoms with E-state index >= 15 is 0 Å². The Morgan fingerprint density at radius 2 is 1.84 bits per heavy atom. The number of carbonyl (C=O) groups excluding carboxylic acids is 1. The van der Waals surface area contributed by atoms with Gasteiger partial charge in [-0.3, -0.25) is 9.78 Å². The standard InChI is InChI=1S/C22H27N7O2/c1-13(2)28-22(30)18-11-20(27-12-26-18)29-15-3-5-16(6-4-15)31-19-10-14(23)9-17-21(19)25-8-7-24-17/h7-13,15-16H,3-6,23H2,1-2H3,(H,28,30)(H,26,27,29). The molecule has 2 aromatic heterocycles. The normalized spacial score (nSPS) is 18.7. The molecular formula is C22H27N7O2. The van der Waals surface area contributed by atoms with Crippen LogP contribution in [0.2, 0.25) is 0 Å². The highest BCUT2D eigenvalue weighted by Crippen LogP contribution is 2.30. The Balaban J connectivity index is 1.35.